The number of benzene rings is 1. The Kier molecular flexibility index (Phi) is 5.10. The molecule has 2 saturated heterocycles. The third kappa shape index (κ3) is 3.81. The van der Waals surface area contributed by atoms with Crippen LogP contribution in [0.4, 0.5) is 18.0 Å². The van der Waals surface area contributed by atoms with E-state index in [-0.39, 0.29) is 36.0 Å². The largest absolute Gasteiger partial charge is 0.573 e. The highest BCUT2D eigenvalue weighted by atomic mass is 19.4. The lowest BCUT2D eigenvalue weighted by atomic mass is 9.66. The number of ether oxygens (including phenoxy) is 2. The molecular formula is C21H25F3N2O4. The molecule has 0 bridgehead atoms. The van der Waals surface area contributed by atoms with Crippen LogP contribution in [0.25, 0.3) is 0 Å². The molecule has 3 fully saturated rings. The van der Waals surface area contributed by atoms with Crippen LogP contribution in [0.5, 0.6) is 5.75 Å². The topological polar surface area (TPSA) is 67.9 Å². The summed E-state index contributed by atoms with van der Waals surface area (Å²) in [5.41, 5.74) is 0.835. The Morgan fingerprint density at radius 2 is 2.10 bits per heavy atom. The first kappa shape index (κ1) is 20.8. The lowest BCUT2D eigenvalue weighted by Crippen LogP contribution is -2.63. The van der Waals surface area contributed by atoms with Gasteiger partial charge in [0, 0.05) is 13.1 Å². The second-order valence-corrected chi connectivity index (χ2v) is 8.68. The van der Waals surface area contributed by atoms with E-state index in [1.165, 1.54) is 6.07 Å². The molecule has 1 aromatic rings. The number of carbonyl (C=O) groups is 2. The fourth-order valence-electron chi connectivity index (χ4n) is 4.99. The summed E-state index contributed by atoms with van der Waals surface area (Å²) >= 11 is 0. The number of amides is 2. The summed E-state index contributed by atoms with van der Waals surface area (Å²) in [6, 6.07) is 4.79. The first-order valence-corrected chi connectivity index (χ1v) is 10.2. The fraction of sp³-hybridized carbons (Fsp3) is 0.619. The predicted molar refractivity (Wildman–Crippen MR) is 101 cm³/mol. The number of hydrogen-bond acceptors (Lipinski definition) is 4. The highest BCUT2D eigenvalue weighted by Gasteiger charge is 2.57. The zero-order valence-electron chi connectivity index (χ0n) is 16.9. The van der Waals surface area contributed by atoms with Gasteiger partial charge in [0.05, 0.1) is 11.5 Å². The van der Waals surface area contributed by atoms with Crippen molar-refractivity contribution in [2.75, 3.05) is 19.7 Å². The standard InChI is InChI=1S/C21H25F3N2O4/c1-12-9-14(3-4-17(12)30-21(22,23)24)15-6-8-26(10-13(15)2)18(27)16-5-7-20(16)11-29-19(28)25-20/h3-4,9,13,15-16H,5-8,10-11H2,1-2H3,(H,25,28)/t13-,15?,16?,20-/m0/s1. The number of hydrogen-bond donors (Lipinski definition) is 1. The van der Waals surface area contributed by atoms with E-state index in [9.17, 15) is 22.8 Å². The minimum atomic E-state index is -4.71. The summed E-state index contributed by atoms with van der Waals surface area (Å²) in [7, 11) is 0. The van der Waals surface area contributed by atoms with Gasteiger partial charge in [-0.3, -0.25) is 4.79 Å². The molecule has 30 heavy (non-hydrogen) atoms. The molecule has 1 saturated carbocycles. The molecule has 3 aliphatic rings. The summed E-state index contributed by atoms with van der Waals surface area (Å²) in [5.74, 6) is -0.0988. The van der Waals surface area contributed by atoms with Crippen molar-refractivity contribution in [1.82, 2.24) is 10.2 Å². The van der Waals surface area contributed by atoms with E-state index in [0.29, 0.717) is 18.7 Å². The molecule has 1 aliphatic carbocycles. The quantitative estimate of drug-likeness (QED) is 0.800. The van der Waals surface area contributed by atoms with Gasteiger partial charge in [0.1, 0.15) is 12.4 Å². The molecule has 164 valence electrons. The number of aryl methyl sites for hydroxylation is 1. The van der Waals surface area contributed by atoms with Crippen molar-refractivity contribution in [3.8, 4) is 5.75 Å². The average molecular weight is 426 g/mol. The first-order valence-electron chi connectivity index (χ1n) is 10.2. The fourth-order valence-corrected chi connectivity index (χ4v) is 4.99. The number of cyclic esters (lactones) is 1. The van der Waals surface area contributed by atoms with Crippen LogP contribution in [0.3, 0.4) is 0 Å². The van der Waals surface area contributed by atoms with Gasteiger partial charge in [-0.25, -0.2) is 4.79 Å². The van der Waals surface area contributed by atoms with Gasteiger partial charge in [-0.1, -0.05) is 19.1 Å². The van der Waals surface area contributed by atoms with Crippen molar-refractivity contribution < 1.29 is 32.2 Å². The average Bonchev–Trinajstić information content (AvgIpc) is 3.06. The number of nitrogens with zero attached hydrogens (tertiary/aromatic N) is 1. The summed E-state index contributed by atoms with van der Waals surface area (Å²) < 4.78 is 46.6. The van der Waals surface area contributed by atoms with Gasteiger partial charge in [-0.15, -0.1) is 13.2 Å². The van der Waals surface area contributed by atoms with Gasteiger partial charge in [0.25, 0.3) is 0 Å². The molecule has 9 heteroatoms. The van der Waals surface area contributed by atoms with Gasteiger partial charge >= 0.3 is 12.5 Å². The predicted octanol–water partition coefficient (Wildman–Crippen LogP) is 3.73. The van der Waals surface area contributed by atoms with Crippen LogP contribution in [0, 0.1) is 18.8 Å². The Bertz CT molecular complexity index is 859. The normalized spacial score (nSPS) is 31.2. The molecule has 2 unspecified atom stereocenters. The number of nitrogens with one attached hydrogen (secondary N) is 1. The molecule has 2 amide bonds. The molecular weight excluding hydrogens is 401 g/mol. The van der Waals surface area contributed by atoms with Gasteiger partial charge in [-0.05, 0) is 55.2 Å². The second kappa shape index (κ2) is 7.35. The van der Waals surface area contributed by atoms with Crippen LogP contribution >= 0.6 is 0 Å². The maximum Gasteiger partial charge on any atom is 0.573 e. The SMILES string of the molecule is Cc1cc(C2CCN(C(=O)C3CC[C@]34COC(=O)N4)C[C@@H]2C)ccc1OC(F)(F)F. The van der Waals surface area contributed by atoms with Crippen molar-refractivity contribution in [1.29, 1.82) is 0 Å². The Hall–Kier alpha value is -2.45. The number of piperidine rings is 1. The van der Waals surface area contributed by atoms with E-state index in [0.717, 1.165) is 24.8 Å². The minimum Gasteiger partial charge on any atom is -0.447 e. The molecule has 1 N–H and O–H groups in total. The van der Waals surface area contributed by atoms with E-state index < -0.39 is 18.0 Å². The molecule has 4 rings (SSSR count). The molecule has 0 aromatic heterocycles. The lowest BCUT2D eigenvalue weighted by Gasteiger charge is -2.47. The van der Waals surface area contributed by atoms with Crippen molar-refractivity contribution in [2.45, 2.75) is 50.9 Å². The van der Waals surface area contributed by atoms with E-state index in [1.807, 2.05) is 4.90 Å². The molecule has 0 radical (unpaired) electrons. The molecule has 2 heterocycles. The van der Waals surface area contributed by atoms with Crippen molar-refractivity contribution in [2.24, 2.45) is 11.8 Å². The first-order chi connectivity index (χ1) is 14.1. The van der Waals surface area contributed by atoms with Crippen molar-refractivity contribution in [3.63, 3.8) is 0 Å². The summed E-state index contributed by atoms with van der Waals surface area (Å²) in [4.78, 5) is 26.4. The molecule has 4 atom stereocenters. The van der Waals surface area contributed by atoms with Crippen molar-refractivity contribution in [3.05, 3.63) is 29.3 Å². The Labute approximate surface area is 172 Å². The third-order valence-electron chi connectivity index (χ3n) is 6.73. The number of carbonyl (C=O) groups excluding carboxylic acids is 2. The van der Waals surface area contributed by atoms with E-state index in [4.69, 9.17) is 4.74 Å². The van der Waals surface area contributed by atoms with E-state index in [1.54, 1.807) is 19.1 Å². The Morgan fingerprint density at radius 3 is 2.63 bits per heavy atom. The zero-order chi connectivity index (χ0) is 21.7. The summed E-state index contributed by atoms with van der Waals surface area (Å²) in [5, 5.41) is 2.81. The van der Waals surface area contributed by atoms with E-state index >= 15 is 0 Å². The van der Waals surface area contributed by atoms with Crippen LogP contribution in [-0.2, 0) is 9.53 Å². The summed E-state index contributed by atoms with van der Waals surface area (Å²) in [6.07, 6.45) is -2.97. The van der Waals surface area contributed by atoms with Crippen LogP contribution in [0.15, 0.2) is 18.2 Å². The number of rotatable bonds is 3. The van der Waals surface area contributed by atoms with Gasteiger partial charge in [0.15, 0.2) is 0 Å². The third-order valence-corrected chi connectivity index (χ3v) is 6.73. The smallest absolute Gasteiger partial charge is 0.447 e. The maximum absolute atomic E-state index is 13.1. The molecule has 1 spiro atoms. The number of alkyl carbamates (subject to hydrolysis) is 1. The minimum absolute atomic E-state index is 0.0439. The number of alkyl halides is 3. The summed E-state index contributed by atoms with van der Waals surface area (Å²) in [6.45, 7) is 5.04. The van der Waals surface area contributed by atoms with Crippen LogP contribution in [0.2, 0.25) is 0 Å². The van der Waals surface area contributed by atoms with Gasteiger partial charge in [-0.2, -0.15) is 0 Å². The van der Waals surface area contributed by atoms with Crippen molar-refractivity contribution >= 4 is 12.0 Å². The lowest BCUT2D eigenvalue weighted by molar-refractivity contribution is -0.274. The molecule has 2 aliphatic heterocycles. The molecule has 6 nitrogen and oxygen atoms in total. The number of halogens is 3. The second-order valence-electron chi connectivity index (χ2n) is 8.68. The maximum atomic E-state index is 13.1. The Balaban J connectivity index is 1.40. The number of likely N-dealkylation sites (tertiary alicyclic amines) is 1. The molecule has 1 aromatic carbocycles. The van der Waals surface area contributed by atoms with Crippen LogP contribution in [-0.4, -0.2) is 48.5 Å². The zero-order valence-corrected chi connectivity index (χ0v) is 16.9. The van der Waals surface area contributed by atoms with Crippen LogP contribution in [0.1, 0.15) is 43.2 Å². The highest BCUT2D eigenvalue weighted by molar-refractivity contribution is 5.84. The van der Waals surface area contributed by atoms with E-state index in [2.05, 4.69) is 17.0 Å². The monoisotopic (exact) mass is 426 g/mol. The Morgan fingerprint density at radius 1 is 1.33 bits per heavy atom. The van der Waals surface area contributed by atoms with Gasteiger partial charge < -0.3 is 19.7 Å². The van der Waals surface area contributed by atoms with Crippen LogP contribution < -0.4 is 10.1 Å². The highest BCUT2D eigenvalue weighted by Crippen LogP contribution is 2.44. The van der Waals surface area contributed by atoms with Gasteiger partial charge in [0.2, 0.25) is 5.91 Å².